The van der Waals surface area contributed by atoms with Gasteiger partial charge in [0.25, 0.3) is 0 Å². The zero-order chi connectivity index (χ0) is 18.4. The topological polar surface area (TPSA) is 77.5 Å². The molecule has 0 radical (unpaired) electrons. The molecule has 2 aromatic rings. The molecule has 0 fully saturated rings. The van der Waals surface area contributed by atoms with Gasteiger partial charge < -0.3 is 4.74 Å². The van der Waals surface area contributed by atoms with E-state index >= 15 is 0 Å². The number of Topliss-reactive ketones (excluding diaryl/α,β-unsaturated/α-hetero) is 1. The number of ketones is 1. The maximum Gasteiger partial charge on any atom is 0.307 e. The van der Waals surface area contributed by atoms with Gasteiger partial charge in [-0.1, -0.05) is 51.8 Å². The fourth-order valence-corrected chi connectivity index (χ4v) is 4.02. The Hall–Kier alpha value is -1.70. The molecule has 8 heteroatoms. The number of carbonyl (C=O) groups is 2. The number of hydrogen-bond donors (Lipinski definition) is 0. The van der Waals surface area contributed by atoms with Crippen molar-refractivity contribution in [3.63, 3.8) is 0 Å². The highest BCUT2D eigenvalue weighted by Crippen LogP contribution is 2.22. The van der Waals surface area contributed by atoms with Crippen LogP contribution in [0.1, 0.15) is 16.8 Å². The van der Waals surface area contributed by atoms with Crippen molar-refractivity contribution < 1.29 is 22.7 Å². The van der Waals surface area contributed by atoms with E-state index in [2.05, 4.69) is 15.9 Å². The number of carbonyl (C=O) groups excluding carboxylic acids is 2. The van der Waals surface area contributed by atoms with E-state index in [1.54, 1.807) is 36.4 Å². The van der Waals surface area contributed by atoms with Crippen molar-refractivity contribution in [1.29, 1.82) is 0 Å². The first-order chi connectivity index (χ1) is 11.8. The molecule has 2 rings (SSSR count). The lowest BCUT2D eigenvalue weighted by Gasteiger charge is -2.07. The van der Waals surface area contributed by atoms with Gasteiger partial charge in [-0.25, -0.2) is 8.42 Å². The predicted octanol–water partition coefficient (Wildman–Crippen LogP) is 3.69. The average molecular weight is 446 g/mol. The summed E-state index contributed by atoms with van der Waals surface area (Å²) >= 11 is 9.12. The summed E-state index contributed by atoms with van der Waals surface area (Å²) in [5, 5.41) is 0.0984. The maximum absolute atomic E-state index is 12.2. The number of rotatable bonds is 7. The normalized spacial score (nSPS) is 11.1. The Morgan fingerprint density at radius 2 is 1.68 bits per heavy atom. The maximum atomic E-state index is 12.2. The molecule has 0 aliphatic rings. The highest BCUT2D eigenvalue weighted by atomic mass is 79.9. The molecule has 0 N–H and O–H groups in total. The fourth-order valence-electron chi connectivity index (χ4n) is 1.96. The zero-order valence-corrected chi connectivity index (χ0v) is 16.1. The second-order valence-electron chi connectivity index (χ2n) is 5.09. The average Bonchev–Trinajstić information content (AvgIpc) is 2.59. The van der Waals surface area contributed by atoms with E-state index < -0.39 is 28.2 Å². The lowest BCUT2D eigenvalue weighted by molar-refractivity contribution is -0.142. The summed E-state index contributed by atoms with van der Waals surface area (Å²) in [5.41, 5.74) is 0.402. The minimum Gasteiger partial charge on any atom is -0.457 e. The highest BCUT2D eigenvalue weighted by molar-refractivity contribution is 9.10. The SMILES string of the molecule is O=C(CCS(=O)(=O)c1ccccc1Cl)OCC(=O)c1ccc(Br)cc1. The van der Waals surface area contributed by atoms with Crippen LogP contribution in [0.5, 0.6) is 0 Å². The molecule has 5 nitrogen and oxygen atoms in total. The molecule has 25 heavy (non-hydrogen) atoms. The monoisotopic (exact) mass is 444 g/mol. The third-order valence-corrected chi connectivity index (χ3v) is 6.02. The quantitative estimate of drug-likeness (QED) is 0.480. The first-order valence-corrected chi connectivity index (χ1v) is 10.0. The van der Waals surface area contributed by atoms with Crippen molar-refractivity contribution >= 4 is 49.1 Å². The summed E-state index contributed by atoms with van der Waals surface area (Å²) in [6.07, 6.45) is -0.360. The Balaban J connectivity index is 1.87. The van der Waals surface area contributed by atoms with Crippen molar-refractivity contribution in [2.45, 2.75) is 11.3 Å². The van der Waals surface area contributed by atoms with Crippen LogP contribution in [0.3, 0.4) is 0 Å². The van der Waals surface area contributed by atoms with Crippen LogP contribution in [-0.2, 0) is 19.4 Å². The summed E-state index contributed by atoms with van der Waals surface area (Å²) in [5.74, 6) is -1.57. The Labute approximate surface area is 159 Å². The summed E-state index contributed by atoms with van der Waals surface area (Å²) in [6.45, 7) is -0.438. The van der Waals surface area contributed by atoms with Crippen LogP contribution in [0.2, 0.25) is 5.02 Å². The molecule has 0 saturated heterocycles. The molecule has 0 amide bonds. The lowest BCUT2D eigenvalue weighted by Crippen LogP contribution is -2.17. The van der Waals surface area contributed by atoms with E-state index in [1.807, 2.05) is 0 Å². The molecule has 0 unspecified atom stereocenters. The van der Waals surface area contributed by atoms with Crippen LogP contribution >= 0.6 is 27.5 Å². The first-order valence-electron chi connectivity index (χ1n) is 7.21. The van der Waals surface area contributed by atoms with Crippen molar-refractivity contribution in [2.75, 3.05) is 12.4 Å². The van der Waals surface area contributed by atoms with Crippen molar-refractivity contribution in [2.24, 2.45) is 0 Å². The molecule has 0 saturated carbocycles. The minimum atomic E-state index is -3.70. The summed E-state index contributed by atoms with van der Waals surface area (Å²) in [7, 11) is -3.70. The number of halogens is 2. The number of ether oxygens (including phenoxy) is 1. The predicted molar refractivity (Wildman–Crippen MR) is 97.6 cm³/mol. The van der Waals surface area contributed by atoms with Crippen molar-refractivity contribution in [3.8, 4) is 0 Å². The minimum absolute atomic E-state index is 0.0320. The molecule has 132 valence electrons. The summed E-state index contributed by atoms with van der Waals surface area (Å²) < 4.78 is 30.0. The molecule has 0 aliphatic heterocycles. The Morgan fingerprint density at radius 1 is 1.04 bits per heavy atom. The second-order valence-corrected chi connectivity index (χ2v) is 8.49. The van der Waals surface area contributed by atoms with E-state index in [4.69, 9.17) is 16.3 Å². The van der Waals surface area contributed by atoms with Gasteiger partial charge in [-0.2, -0.15) is 0 Å². The molecular weight excluding hydrogens is 432 g/mol. The number of esters is 1. The molecule has 0 heterocycles. The van der Waals surface area contributed by atoms with Gasteiger partial charge in [-0.15, -0.1) is 0 Å². The van der Waals surface area contributed by atoms with Gasteiger partial charge in [0.1, 0.15) is 0 Å². The van der Waals surface area contributed by atoms with Crippen LogP contribution in [-0.4, -0.2) is 32.5 Å². The van der Waals surface area contributed by atoms with Crippen LogP contribution in [0.25, 0.3) is 0 Å². The highest BCUT2D eigenvalue weighted by Gasteiger charge is 2.20. The van der Waals surface area contributed by atoms with E-state index in [1.165, 1.54) is 12.1 Å². The van der Waals surface area contributed by atoms with Crippen LogP contribution < -0.4 is 0 Å². The van der Waals surface area contributed by atoms with Crippen molar-refractivity contribution in [1.82, 2.24) is 0 Å². The summed E-state index contributed by atoms with van der Waals surface area (Å²) in [6, 6.07) is 12.6. The Bertz CT molecular complexity index is 878. The van der Waals surface area contributed by atoms with Gasteiger partial charge in [0.2, 0.25) is 0 Å². The standard InChI is InChI=1S/C17H14BrClO5S/c18-13-7-5-12(6-8-13)15(20)11-24-17(21)9-10-25(22,23)16-4-2-1-3-14(16)19/h1-8H,9-11H2. The zero-order valence-electron chi connectivity index (χ0n) is 12.9. The van der Waals surface area contributed by atoms with E-state index in [-0.39, 0.29) is 22.1 Å². The van der Waals surface area contributed by atoms with Gasteiger partial charge in [-0.3, -0.25) is 9.59 Å². The number of benzene rings is 2. The van der Waals surface area contributed by atoms with E-state index in [0.717, 1.165) is 4.47 Å². The Kier molecular flexibility index (Phi) is 6.75. The van der Waals surface area contributed by atoms with Gasteiger partial charge in [0, 0.05) is 10.0 Å². The third-order valence-electron chi connectivity index (χ3n) is 3.28. The smallest absolute Gasteiger partial charge is 0.307 e. The molecule has 2 aromatic carbocycles. The van der Waals surface area contributed by atoms with E-state index in [9.17, 15) is 18.0 Å². The molecule has 0 aromatic heterocycles. The molecule has 0 aliphatic carbocycles. The van der Waals surface area contributed by atoms with Crippen LogP contribution in [0, 0.1) is 0 Å². The lowest BCUT2D eigenvalue weighted by atomic mass is 10.1. The van der Waals surface area contributed by atoms with Gasteiger partial charge in [0.05, 0.1) is 22.1 Å². The van der Waals surface area contributed by atoms with Gasteiger partial charge in [0.15, 0.2) is 22.2 Å². The first kappa shape index (κ1) is 19.6. The molecule has 0 spiro atoms. The fraction of sp³-hybridized carbons (Fsp3) is 0.176. The second kappa shape index (κ2) is 8.60. The summed E-state index contributed by atoms with van der Waals surface area (Å²) in [4.78, 5) is 23.6. The van der Waals surface area contributed by atoms with Gasteiger partial charge >= 0.3 is 5.97 Å². The molecular formula is C17H14BrClO5S. The van der Waals surface area contributed by atoms with Gasteiger partial charge in [-0.05, 0) is 24.3 Å². The van der Waals surface area contributed by atoms with Crippen LogP contribution in [0.4, 0.5) is 0 Å². The Morgan fingerprint density at radius 3 is 2.32 bits per heavy atom. The third kappa shape index (κ3) is 5.66. The molecule has 0 bridgehead atoms. The molecule has 0 atom stereocenters. The van der Waals surface area contributed by atoms with Crippen molar-refractivity contribution in [3.05, 3.63) is 63.6 Å². The van der Waals surface area contributed by atoms with E-state index in [0.29, 0.717) is 5.56 Å². The number of hydrogen-bond acceptors (Lipinski definition) is 5. The largest absolute Gasteiger partial charge is 0.457 e. The van der Waals surface area contributed by atoms with Crippen LogP contribution in [0.15, 0.2) is 57.9 Å². The number of sulfone groups is 1.